The van der Waals surface area contributed by atoms with E-state index < -0.39 is 0 Å². The van der Waals surface area contributed by atoms with E-state index in [1.165, 1.54) is 38.5 Å². The average Bonchev–Trinajstić information content (AvgIpc) is 2.95. The number of aryl methyl sites for hydroxylation is 2. The van der Waals surface area contributed by atoms with Crippen LogP contribution < -0.4 is 5.32 Å². The molecule has 1 aromatic rings. The van der Waals surface area contributed by atoms with Crippen LogP contribution in [0.3, 0.4) is 0 Å². The van der Waals surface area contributed by atoms with E-state index in [2.05, 4.69) is 17.4 Å². The van der Waals surface area contributed by atoms with Gasteiger partial charge in [0.05, 0.1) is 5.69 Å². The summed E-state index contributed by atoms with van der Waals surface area (Å²) in [7, 11) is 0. The van der Waals surface area contributed by atoms with Crippen LogP contribution in [0.15, 0.2) is 4.52 Å². The Morgan fingerprint density at radius 3 is 2.32 bits per heavy atom. The van der Waals surface area contributed by atoms with Gasteiger partial charge in [-0.2, -0.15) is 0 Å². The van der Waals surface area contributed by atoms with Crippen molar-refractivity contribution in [1.82, 2.24) is 10.5 Å². The summed E-state index contributed by atoms with van der Waals surface area (Å²) in [6, 6.07) is 0.148. The van der Waals surface area contributed by atoms with Crippen molar-refractivity contribution in [2.75, 3.05) is 6.61 Å². The Labute approximate surface area is 166 Å². The van der Waals surface area contributed by atoms with E-state index in [1.807, 2.05) is 13.8 Å². The topological polar surface area (TPSA) is 81.4 Å². The fourth-order valence-electron chi connectivity index (χ4n) is 6.45. The van der Waals surface area contributed by atoms with Crippen LogP contribution >= 0.6 is 0 Å². The maximum Gasteiger partial charge on any atom is 0.306 e. The molecule has 4 aliphatic carbocycles. The van der Waals surface area contributed by atoms with E-state index in [0.29, 0.717) is 6.42 Å². The SMILES string of the molecule is Cc1noc(C)c1CCC(=O)OCC(=O)N[C@H](C)C12CC3CC(CC(C3)C1)C2. The molecule has 0 unspecified atom stereocenters. The lowest BCUT2D eigenvalue weighted by Gasteiger charge is -2.59. The maximum atomic E-state index is 12.4. The van der Waals surface area contributed by atoms with Crippen LogP contribution in [0.5, 0.6) is 0 Å². The molecule has 0 aliphatic heterocycles. The maximum absolute atomic E-state index is 12.4. The third kappa shape index (κ3) is 3.83. The lowest BCUT2D eigenvalue weighted by Crippen LogP contribution is -2.56. The largest absolute Gasteiger partial charge is 0.456 e. The molecule has 0 saturated heterocycles. The molecule has 1 N–H and O–H groups in total. The Bertz CT molecular complexity index is 699. The number of rotatable bonds is 7. The van der Waals surface area contributed by atoms with Crippen LogP contribution in [-0.4, -0.2) is 29.7 Å². The fraction of sp³-hybridized carbons (Fsp3) is 0.773. The molecule has 4 bridgehead atoms. The smallest absolute Gasteiger partial charge is 0.306 e. The van der Waals surface area contributed by atoms with Gasteiger partial charge in [0.2, 0.25) is 0 Å². The van der Waals surface area contributed by atoms with Crippen molar-refractivity contribution in [2.45, 2.75) is 78.2 Å². The second-order valence-electron chi connectivity index (χ2n) is 9.53. The Hall–Kier alpha value is -1.85. The van der Waals surface area contributed by atoms with Crippen LogP contribution in [0.1, 0.15) is 68.9 Å². The molecule has 0 aromatic carbocycles. The highest BCUT2D eigenvalue weighted by Crippen LogP contribution is 2.61. The number of nitrogens with zero attached hydrogens (tertiary/aromatic N) is 1. The molecule has 1 heterocycles. The van der Waals surface area contributed by atoms with Crippen LogP contribution in [-0.2, 0) is 20.7 Å². The zero-order valence-electron chi connectivity index (χ0n) is 17.3. The van der Waals surface area contributed by atoms with Crippen LogP contribution in [0.4, 0.5) is 0 Å². The molecule has 6 nitrogen and oxygen atoms in total. The zero-order chi connectivity index (χ0) is 19.9. The summed E-state index contributed by atoms with van der Waals surface area (Å²) in [4.78, 5) is 24.4. The summed E-state index contributed by atoms with van der Waals surface area (Å²) >= 11 is 0. The van der Waals surface area contributed by atoms with Crippen LogP contribution in [0.2, 0.25) is 0 Å². The molecule has 4 fully saturated rings. The number of carbonyl (C=O) groups excluding carboxylic acids is 2. The molecule has 1 aromatic heterocycles. The number of hydrogen-bond donors (Lipinski definition) is 1. The van der Waals surface area contributed by atoms with E-state index in [-0.39, 0.29) is 36.4 Å². The minimum absolute atomic E-state index is 0.148. The summed E-state index contributed by atoms with van der Waals surface area (Å²) < 4.78 is 10.3. The summed E-state index contributed by atoms with van der Waals surface area (Å²) in [6.07, 6.45) is 8.66. The van der Waals surface area contributed by atoms with Crippen molar-refractivity contribution in [1.29, 1.82) is 0 Å². The highest BCUT2D eigenvalue weighted by Gasteiger charge is 2.53. The lowest BCUT2D eigenvalue weighted by molar-refractivity contribution is -0.149. The minimum Gasteiger partial charge on any atom is -0.456 e. The Kier molecular flexibility index (Phi) is 5.23. The van der Waals surface area contributed by atoms with Gasteiger partial charge < -0.3 is 14.6 Å². The predicted octanol–water partition coefficient (Wildman–Crippen LogP) is 3.49. The number of nitrogens with one attached hydrogen (secondary N) is 1. The summed E-state index contributed by atoms with van der Waals surface area (Å²) in [6.45, 7) is 5.64. The molecule has 6 heteroatoms. The standard InChI is InChI=1S/C22H32N2O4/c1-13-19(14(2)28-24-13)4-5-21(26)27-12-20(25)23-15(3)22-9-16-6-17(10-22)8-18(7-16)11-22/h15-18H,4-12H2,1-3H3,(H,23,25)/t15-,16?,17?,18?,22?/m1/s1. The summed E-state index contributed by atoms with van der Waals surface area (Å²) in [5.74, 6) is 2.74. The Morgan fingerprint density at radius 1 is 1.18 bits per heavy atom. The van der Waals surface area contributed by atoms with Crippen molar-refractivity contribution >= 4 is 11.9 Å². The van der Waals surface area contributed by atoms with Gasteiger partial charge in [0.15, 0.2) is 6.61 Å². The molecule has 1 atom stereocenters. The highest BCUT2D eigenvalue weighted by atomic mass is 16.5. The number of amides is 1. The average molecular weight is 389 g/mol. The van der Waals surface area contributed by atoms with Crippen LogP contribution in [0.25, 0.3) is 0 Å². The lowest BCUT2D eigenvalue weighted by atomic mass is 9.48. The molecule has 4 saturated carbocycles. The molecular formula is C22H32N2O4. The van der Waals surface area contributed by atoms with Crippen molar-refractivity contribution in [2.24, 2.45) is 23.2 Å². The molecule has 0 radical (unpaired) electrons. The fourth-order valence-corrected chi connectivity index (χ4v) is 6.45. The van der Waals surface area contributed by atoms with Crippen molar-refractivity contribution in [3.05, 3.63) is 17.0 Å². The second-order valence-corrected chi connectivity index (χ2v) is 9.53. The van der Waals surface area contributed by atoms with E-state index >= 15 is 0 Å². The number of hydrogen-bond acceptors (Lipinski definition) is 5. The molecule has 154 valence electrons. The molecule has 1 amide bonds. The van der Waals surface area contributed by atoms with Gasteiger partial charge in [0.25, 0.3) is 5.91 Å². The van der Waals surface area contributed by atoms with Crippen molar-refractivity contribution in [3.8, 4) is 0 Å². The number of aromatic nitrogens is 1. The molecule has 5 rings (SSSR count). The molecule has 4 aliphatic rings. The van der Waals surface area contributed by atoms with Gasteiger partial charge in [-0.3, -0.25) is 9.59 Å². The summed E-state index contributed by atoms with van der Waals surface area (Å²) in [5, 5.41) is 7.03. The molecule has 0 spiro atoms. The van der Waals surface area contributed by atoms with Crippen LogP contribution in [0, 0.1) is 37.0 Å². The third-order valence-electron chi connectivity index (χ3n) is 7.51. The van der Waals surface area contributed by atoms with E-state index in [0.717, 1.165) is 34.8 Å². The van der Waals surface area contributed by atoms with Crippen molar-refractivity contribution < 1.29 is 18.8 Å². The Morgan fingerprint density at radius 2 is 1.79 bits per heavy atom. The van der Waals surface area contributed by atoms with Gasteiger partial charge in [0.1, 0.15) is 5.76 Å². The zero-order valence-corrected chi connectivity index (χ0v) is 17.3. The predicted molar refractivity (Wildman–Crippen MR) is 103 cm³/mol. The highest BCUT2D eigenvalue weighted by molar-refractivity contribution is 5.80. The number of esters is 1. The van der Waals surface area contributed by atoms with Gasteiger partial charge >= 0.3 is 5.97 Å². The normalized spacial score (nSPS) is 31.6. The van der Waals surface area contributed by atoms with E-state index in [9.17, 15) is 9.59 Å². The van der Waals surface area contributed by atoms with Gasteiger partial charge in [-0.25, -0.2) is 0 Å². The molecule has 28 heavy (non-hydrogen) atoms. The van der Waals surface area contributed by atoms with Gasteiger partial charge in [-0.05, 0) is 88.9 Å². The quantitative estimate of drug-likeness (QED) is 0.723. The second kappa shape index (κ2) is 7.53. The van der Waals surface area contributed by atoms with E-state index in [1.54, 1.807) is 0 Å². The third-order valence-corrected chi connectivity index (χ3v) is 7.51. The number of carbonyl (C=O) groups is 2. The summed E-state index contributed by atoms with van der Waals surface area (Å²) in [5.41, 5.74) is 2.00. The first kappa shape index (κ1) is 19.5. The first-order valence-corrected chi connectivity index (χ1v) is 10.7. The van der Waals surface area contributed by atoms with Gasteiger partial charge in [-0.1, -0.05) is 5.16 Å². The van der Waals surface area contributed by atoms with Gasteiger partial charge in [0, 0.05) is 18.0 Å². The number of ether oxygens (including phenoxy) is 1. The van der Waals surface area contributed by atoms with E-state index in [4.69, 9.17) is 9.26 Å². The minimum atomic E-state index is -0.363. The Balaban J connectivity index is 1.23. The molecular weight excluding hydrogens is 356 g/mol. The first-order chi connectivity index (χ1) is 13.3. The first-order valence-electron chi connectivity index (χ1n) is 10.7. The monoisotopic (exact) mass is 388 g/mol. The van der Waals surface area contributed by atoms with Gasteiger partial charge in [-0.15, -0.1) is 0 Å². The van der Waals surface area contributed by atoms with Crippen molar-refractivity contribution in [3.63, 3.8) is 0 Å².